The van der Waals surface area contributed by atoms with E-state index in [0.29, 0.717) is 39.0 Å². The number of fused-ring (bicyclic) bond motifs is 1. The average Bonchev–Trinajstić information content (AvgIpc) is 3.03. The van der Waals surface area contributed by atoms with Gasteiger partial charge in [0.1, 0.15) is 6.04 Å². The number of halogens is 1. The van der Waals surface area contributed by atoms with Gasteiger partial charge in [0.25, 0.3) is 0 Å². The summed E-state index contributed by atoms with van der Waals surface area (Å²) in [5.74, 6) is 0.152. The Morgan fingerprint density at radius 1 is 1.31 bits per heavy atom. The Balaban J connectivity index is 1.57. The zero-order valence-corrected chi connectivity index (χ0v) is 15.5. The van der Waals surface area contributed by atoms with Crippen molar-refractivity contribution in [1.29, 1.82) is 0 Å². The molecule has 1 aliphatic heterocycles. The van der Waals surface area contributed by atoms with Crippen molar-refractivity contribution in [3.63, 3.8) is 0 Å². The number of hydrogen-bond acceptors (Lipinski definition) is 3. The second kappa shape index (κ2) is 8.42. The van der Waals surface area contributed by atoms with Crippen molar-refractivity contribution >= 4 is 34.5 Å². The molecule has 0 saturated carbocycles. The molecule has 3 rings (SSSR count). The molecule has 0 radical (unpaired) electrons. The van der Waals surface area contributed by atoms with Gasteiger partial charge in [-0.25, -0.2) is 4.42 Å². The van der Waals surface area contributed by atoms with E-state index in [1.54, 1.807) is 4.42 Å². The second-order valence-electron chi connectivity index (χ2n) is 6.52. The van der Waals surface area contributed by atoms with Crippen molar-refractivity contribution < 1.29 is 4.79 Å². The normalized spacial score (nSPS) is 18.4. The van der Waals surface area contributed by atoms with E-state index in [4.69, 9.17) is 23.2 Å². The van der Waals surface area contributed by atoms with Crippen LogP contribution in [0, 0.1) is 0 Å². The summed E-state index contributed by atoms with van der Waals surface area (Å²) in [7, 11) is 0. The highest BCUT2D eigenvalue weighted by atomic mass is 35.5. The number of hydrogen-bond donors (Lipinski definition) is 3. The smallest absolute Gasteiger partial charge is 0.241 e. The lowest BCUT2D eigenvalue weighted by Crippen LogP contribution is -2.54. The Bertz CT molecular complexity index is 785. The van der Waals surface area contributed by atoms with E-state index in [9.17, 15) is 4.79 Å². The first-order valence-corrected chi connectivity index (χ1v) is 9.21. The number of carbonyl (C=O) groups excluding carboxylic acids is 1. The summed E-state index contributed by atoms with van der Waals surface area (Å²) in [5, 5.41) is 1.21. The van der Waals surface area contributed by atoms with E-state index in [1.165, 1.54) is 10.9 Å². The number of rotatable bonds is 7. The molecule has 1 aromatic heterocycles. The van der Waals surface area contributed by atoms with Crippen LogP contribution in [0.5, 0.6) is 0 Å². The van der Waals surface area contributed by atoms with Gasteiger partial charge in [0, 0.05) is 43.3 Å². The summed E-state index contributed by atoms with van der Waals surface area (Å²) in [6.07, 6.45) is 4.20. The lowest BCUT2D eigenvalue weighted by atomic mass is 10.1. The molecule has 1 amide bonds. The number of guanidine groups is 1. The molecule has 1 saturated heterocycles. The Kier molecular flexibility index (Phi) is 6.00. The molecule has 0 aliphatic carbocycles. The number of benzene rings is 1. The number of carbonyl (C=O) groups is 1. The Morgan fingerprint density at radius 2 is 2.12 bits per heavy atom. The number of aromatic nitrogens is 1. The maximum atomic E-state index is 12.8. The van der Waals surface area contributed by atoms with E-state index >= 15 is 0 Å². The maximum Gasteiger partial charge on any atom is 0.241 e. The predicted molar refractivity (Wildman–Crippen MR) is 105 cm³/mol. The quantitative estimate of drug-likeness (QED) is 0.294. The molecular weight excluding hydrogens is 352 g/mol. The van der Waals surface area contributed by atoms with Crippen LogP contribution < -0.4 is 11.5 Å². The van der Waals surface area contributed by atoms with Crippen molar-refractivity contribution in [2.24, 2.45) is 16.5 Å². The van der Waals surface area contributed by atoms with E-state index < -0.39 is 0 Å². The monoisotopic (exact) mass is 376 g/mol. The number of nitrogens with zero attached hydrogens (tertiary/aromatic N) is 3. The molecule has 1 aromatic carbocycles. The molecule has 2 heterocycles. The molecule has 1 aliphatic rings. The minimum absolute atomic E-state index is 0.0723. The fourth-order valence-corrected chi connectivity index (χ4v) is 3.64. The van der Waals surface area contributed by atoms with E-state index in [1.807, 2.05) is 23.2 Å². The number of piperazine rings is 1. The van der Waals surface area contributed by atoms with Gasteiger partial charge in [-0.15, -0.1) is 0 Å². The number of aromatic amines is 1. The molecule has 7 nitrogen and oxygen atoms in total. The lowest BCUT2D eigenvalue weighted by Gasteiger charge is -2.37. The van der Waals surface area contributed by atoms with Crippen molar-refractivity contribution in [2.75, 3.05) is 26.2 Å². The third-order valence-electron chi connectivity index (χ3n) is 4.77. The van der Waals surface area contributed by atoms with Crippen LogP contribution >= 0.6 is 11.8 Å². The fourth-order valence-electron chi connectivity index (χ4n) is 3.39. The zero-order valence-electron chi connectivity index (χ0n) is 14.7. The summed E-state index contributed by atoms with van der Waals surface area (Å²) in [6.45, 7) is 2.51. The third kappa shape index (κ3) is 4.28. The molecule has 26 heavy (non-hydrogen) atoms. The highest BCUT2D eigenvalue weighted by molar-refractivity contribution is 6.15. The molecule has 0 spiro atoms. The highest BCUT2D eigenvalue weighted by Gasteiger charge is 2.33. The molecule has 8 heteroatoms. The van der Waals surface area contributed by atoms with Crippen molar-refractivity contribution in [1.82, 2.24) is 14.3 Å². The minimum atomic E-state index is -0.317. The maximum absolute atomic E-state index is 12.8. The van der Waals surface area contributed by atoms with Gasteiger partial charge in [0.15, 0.2) is 5.96 Å². The van der Waals surface area contributed by atoms with Crippen LogP contribution in [-0.4, -0.2) is 58.4 Å². The van der Waals surface area contributed by atoms with Crippen LogP contribution in [0.3, 0.4) is 0 Å². The van der Waals surface area contributed by atoms with Crippen molar-refractivity contribution in [3.05, 3.63) is 36.0 Å². The summed E-state index contributed by atoms with van der Waals surface area (Å²) in [5.41, 5.74) is 13.0. The van der Waals surface area contributed by atoms with E-state index in [2.05, 4.69) is 22.1 Å². The Morgan fingerprint density at radius 3 is 2.92 bits per heavy atom. The fraction of sp³-hybridized carbons (Fsp3) is 0.444. The first kappa shape index (κ1) is 18.5. The van der Waals surface area contributed by atoms with Gasteiger partial charge in [-0.1, -0.05) is 18.2 Å². The molecule has 5 N–H and O–H groups in total. The molecule has 140 valence electrons. The van der Waals surface area contributed by atoms with Crippen LogP contribution in [-0.2, 0) is 11.2 Å². The van der Waals surface area contributed by atoms with Gasteiger partial charge >= 0.3 is 0 Å². The molecule has 0 unspecified atom stereocenters. The predicted octanol–water partition coefficient (Wildman–Crippen LogP) is 1.43. The number of amides is 1. The Hall–Kier alpha value is -2.25. The van der Waals surface area contributed by atoms with Crippen molar-refractivity contribution in [2.45, 2.75) is 25.3 Å². The number of para-hydroxylation sites is 1. The van der Waals surface area contributed by atoms with Gasteiger partial charge in [-0.2, -0.15) is 0 Å². The van der Waals surface area contributed by atoms with Crippen LogP contribution in [0.15, 0.2) is 35.5 Å². The minimum Gasteiger partial charge on any atom is -0.370 e. The van der Waals surface area contributed by atoms with Gasteiger partial charge < -0.3 is 21.4 Å². The average molecular weight is 377 g/mol. The lowest BCUT2D eigenvalue weighted by molar-refractivity contribution is -0.139. The van der Waals surface area contributed by atoms with Gasteiger partial charge in [0.2, 0.25) is 5.91 Å². The SMILES string of the molecule is NC(N)=NCCC[C@H]1C(=O)N(CCc2c[nH]c3ccccc23)CCN1Cl. The van der Waals surface area contributed by atoms with Gasteiger partial charge in [0.05, 0.1) is 0 Å². The molecule has 1 atom stereocenters. The Labute approximate surface area is 158 Å². The largest absolute Gasteiger partial charge is 0.370 e. The second-order valence-corrected chi connectivity index (χ2v) is 6.96. The third-order valence-corrected chi connectivity index (χ3v) is 5.18. The van der Waals surface area contributed by atoms with Crippen LogP contribution in [0.4, 0.5) is 0 Å². The first-order valence-electron chi connectivity index (χ1n) is 8.88. The standard InChI is InChI=1S/C18H25ClN6O/c19-25-11-10-24(17(26)16(25)6-3-8-22-18(20)21)9-7-13-12-23-15-5-2-1-4-14(13)15/h1-2,4-5,12,16,23H,3,6-11H2,(H4,20,21,22)/t16-/m0/s1. The van der Waals surface area contributed by atoms with E-state index in [0.717, 1.165) is 11.9 Å². The topological polar surface area (TPSA) is 104 Å². The van der Waals surface area contributed by atoms with Crippen molar-refractivity contribution in [3.8, 4) is 0 Å². The van der Waals surface area contributed by atoms with Gasteiger partial charge in [-0.05, 0) is 42.7 Å². The van der Waals surface area contributed by atoms with Crippen LogP contribution in [0.25, 0.3) is 10.9 Å². The number of aliphatic imine (C=N–C) groups is 1. The van der Waals surface area contributed by atoms with E-state index in [-0.39, 0.29) is 17.9 Å². The zero-order chi connectivity index (χ0) is 18.5. The molecule has 0 bridgehead atoms. The first-order chi connectivity index (χ1) is 12.6. The number of nitrogens with one attached hydrogen (secondary N) is 1. The number of H-pyrrole nitrogens is 1. The van der Waals surface area contributed by atoms with Crippen LogP contribution in [0.1, 0.15) is 18.4 Å². The summed E-state index contributed by atoms with van der Waals surface area (Å²) < 4.78 is 1.61. The summed E-state index contributed by atoms with van der Waals surface area (Å²) >= 11 is 6.26. The summed E-state index contributed by atoms with van der Waals surface area (Å²) in [6, 6.07) is 7.89. The molecular formula is C18H25ClN6O. The molecule has 2 aromatic rings. The van der Waals surface area contributed by atoms with Gasteiger partial charge in [-0.3, -0.25) is 9.79 Å². The van der Waals surface area contributed by atoms with Crippen LogP contribution in [0.2, 0.25) is 0 Å². The highest BCUT2D eigenvalue weighted by Crippen LogP contribution is 2.21. The molecule has 1 fully saturated rings. The number of nitrogens with two attached hydrogens (primary N) is 2. The summed E-state index contributed by atoms with van der Waals surface area (Å²) in [4.78, 5) is 21.9.